The molecule has 0 aromatic heterocycles. The fraction of sp³-hybridized carbons (Fsp3) is 0.500. The number of fused-ring (bicyclic) bond motifs is 2. The summed E-state index contributed by atoms with van der Waals surface area (Å²) >= 11 is 0. The van der Waals surface area contributed by atoms with E-state index >= 15 is 0 Å². The smallest absolute Gasteiger partial charge is 0.0990 e. The number of hydrogen-bond acceptors (Lipinski definition) is 1. The van der Waals surface area contributed by atoms with Crippen molar-refractivity contribution >= 4 is 13.8 Å². The fourth-order valence-electron chi connectivity index (χ4n) is 3.25. The quantitative estimate of drug-likeness (QED) is 0.543. The highest BCUT2D eigenvalue weighted by atomic mass is 31.1. The minimum absolute atomic E-state index is 0.320. The van der Waals surface area contributed by atoms with Gasteiger partial charge < -0.3 is 0 Å². The molecule has 1 nitrogen and oxygen atoms in total. The first kappa shape index (κ1) is 13.5. The predicted molar refractivity (Wildman–Crippen MR) is 78.8 cm³/mol. The van der Waals surface area contributed by atoms with Crippen LogP contribution in [0.15, 0.2) is 42.5 Å². The molecule has 3 rings (SSSR count). The molecule has 1 aromatic carbocycles. The normalized spacial score (nSPS) is 28.0. The van der Waals surface area contributed by atoms with Crippen molar-refractivity contribution in [2.24, 2.45) is 17.3 Å². The Labute approximate surface area is 112 Å². The Morgan fingerprint density at radius 2 is 1.89 bits per heavy atom. The van der Waals surface area contributed by atoms with Crippen LogP contribution in [-0.2, 0) is 4.57 Å². The number of hydrogen-bond donors (Lipinski definition) is 0. The van der Waals surface area contributed by atoms with E-state index in [2.05, 4.69) is 20.4 Å². The average Bonchev–Trinajstić information content (AvgIpc) is 2.95. The van der Waals surface area contributed by atoms with Crippen LogP contribution >= 0.6 is 8.46 Å². The van der Waals surface area contributed by atoms with Gasteiger partial charge >= 0.3 is 8.46 Å². The van der Waals surface area contributed by atoms with Crippen molar-refractivity contribution in [1.82, 2.24) is 0 Å². The molecule has 3 unspecified atom stereocenters. The van der Waals surface area contributed by atoms with Gasteiger partial charge in [0.25, 0.3) is 0 Å². The minimum Gasteiger partial charge on any atom is -0.0990 e. The summed E-state index contributed by atoms with van der Waals surface area (Å²) in [6.45, 7) is 8.91. The Morgan fingerprint density at radius 1 is 1.22 bits per heavy atom. The van der Waals surface area contributed by atoms with Crippen LogP contribution in [0.4, 0.5) is 0 Å². The van der Waals surface area contributed by atoms with Crippen molar-refractivity contribution in [3.8, 4) is 0 Å². The highest BCUT2D eigenvalue weighted by Gasteiger charge is 2.47. The standard InChI is InChI=1S/C10H16.C6H5OP/c1-7-8-4-5-9(6-8)10(7,2)3;7-8-6-4-2-1-3-5-6/h8-9H,1,4-6H2,2-3H3;1-5H/p+1. The Hall–Kier alpha value is -0.940. The molecule has 0 N–H and O–H groups in total. The molecular formula is C16H22OP+. The largest absolute Gasteiger partial charge is 0.363 e. The van der Waals surface area contributed by atoms with Crippen LogP contribution in [0.25, 0.3) is 0 Å². The van der Waals surface area contributed by atoms with Gasteiger partial charge in [0.2, 0.25) is 0 Å². The van der Waals surface area contributed by atoms with Crippen molar-refractivity contribution in [3.63, 3.8) is 0 Å². The second kappa shape index (κ2) is 5.36. The van der Waals surface area contributed by atoms with E-state index in [1.165, 1.54) is 24.8 Å². The lowest BCUT2D eigenvalue weighted by Crippen LogP contribution is -2.21. The molecule has 2 heteroatoms. The first-order valence-electron chi connectivity index (χ1n) is 6.68. The van der Waals surface area contributed by atoms with Gasteiger partial charge in [-0.1, -0.05) is 48.8 Å². The van der Waals surface area contributed by atoms with E-state index in [0.717, 1.165) is 17.1 Å². The van der Waals surface area contributed by atoms with Crippen molar-refractivity contribution in [2.75, 3.05) is 0 Å². The van der Waals surface area contributed by atoms with E-state index in [9.17, 15) is 4.57 Å². The SMILES string of the molecule is C=C1C2CCC(C2)C1(C)C.O=[PH+]c1ccccc1. The third kappa shape index (κ3) is 2.57. The second-order valence-corrected chi connectivity index (χ2v) is 6.70. The Balaban J connectivity index is 0.000000138. The van der Waals surface area contributed by atoms with Crippen LogP contribution in [0.3, 0.4) is 0 Å². The summed E-state index contributed by atoms with van der Waals surface area (Å²) in [5, 5.41) is 0.882. The average molecular weight is 261 g/mol. The number of rotatable bonds is 1. The molecule has 3 atom stereocenters. The highest BCUT2D eigenvalue weighted by Crippen LogP contribution is 2.58. The molecule has 2 fully saturated rings. The van der Waals surface area contributed by atoms with Gasteiger partial charge in [-0.05, 0) is 48.6 Å². The van der Waals surface area contributed by atoms with Crippen LogP contribution in [0, 0.1) is 17.3 Å². The van der Waals surface area contributed by atoms with Crippen molar-refractivity contribution in [3.05, 3.63) is 42.5 Å². The first-order chi connectivity index (χ1) is 8.55. The summed E-state index contributed by atoms with van der Waals surface area (Å²) < 4.78 is 10.2. The summed E-state index contributed by atoms with van der Waals surface area (Å²) in [5.74, 6) is 1.85. The monoisotopic (exact) mass is 261 g/mol. The molecule has 0 radical (unpaired) electrons. The van der Waals surface area contributed by atoms with E-state index in [1.807, 2.05) is 30.3 Å². The number of benzene rings is 1. The van der Waals surface area contributed by atoms with E-state index in [-0.39, 0.29) is 8.46 Å². The van der Waals surface area contributed by atoms with Crippen molar-refractivity contribution in [1.29, 1.82) is 0 Å². The molecule has 1 aromatic rings. The number of allylic oxidation sites excluding steroid dienone is 1. The van der Waals surface area contributed by atoms with Crippen LogP contribution < -0.4 is 5.30 Å². The lowest BCUT2D eigenvalue weighted by atomic mass is 9.73. The van der Waals surface area contributed by atoms with Crippen LogP contribution in [-0.4, -0.2) is 0 Å². The molecule has 2 aliphatic rings. The fourth-order valence-corrected chi connectivity index (χ4v) is 3.58. The van der Waals surface area contributed by atoms with Gasteiger partial charge in [-0.2, -0.15) is 0 Å². The highest BCUT2D eigenvalue weighted by molar-refractivity contribution is 7.34. The zero-order valence-electron chi connectivity index (χ0n) is 11.3. The molecule has 0 saturated heterocycles. The summed E-state index contributed by atoms with van der Waals surface area (Å²) in [6.07, 6.45) is 4.31. The van der Waals surface area contributed by atoms with Crippen molar-refractivity contribution < 1.29 is 4.57 Å². The van der Waals surface area contributed by atoms with Gasteiger partial charge in [-0.3, -0.25) is 0 Å². The Morgan fingerprint density at radius 3 is 2.22 bits per heavy atom. The zero-order valence-corrected chi connectivity index (χ0v) is 12.3. The Kier molecular flexibility index (Phi) is 4.02. The van der Waals surface area contributed by atoms with Crippen molar-refractivity contribution in [2.45, 2.75) is 33.1 Å². The van der Waals surface area contributed by atoms with E-state index < -0.39 is 0 Å². The maximum atomic E-state index is 10.2. The summed E-state index contributed by atoms with van der Waals surface area (Å²) in [7, 11) is -0.320. The van der Waals surface area contributed by atoms with Gasteiger partial charge in [0.15, 0.2) is 5.30 Å². The summed E-state index contributed by atoms with van der Waals surface area (Å²) in [4.78, 5) is 0. The summed E-state index contributed by atoms with van der Waals surface area (Å²) in [5.41, 5.74) is 2.01. The first-order valence-corrected chi connectivity index (χ1v) is 7.59. The van der Waals surface area contributed by atoms with Gasteiger partial charge in [0, 0.05) is 0 Å². The van der Waals surface area contributed by atoms with Crippen LogP contribution in [0.1, 0.15) is 33.1 Å². The molecule has 2 saturated carbocycles. The molecule has 96 valence electrons. The van der Waals surface area contributed by atoms with Crippen LogP contribution in [0.5, 0.6) is 0 Å². The lowest BCUT2D eigenvalue weighted by molar-refractivity contribution is 0.289. The maximum Gasteiger partial charge on any atom is 0.363 e. The van der Waals surface area contributed by atoms with E-state index in [1.54, 1.807) is 0 Å². The molecule has 0 heterocycles. The molecule has 18 heavy (non-hydrogen) atoms. The molecule has 2 aliphatic carbocycles. The maximum absolute atomic E-state index is 10.2. The van der Waals surface area contributed by atoms with E-state index in [4.69, 9.17) is 0 Å². The molecule has 2 bridgehead atoms. The third-order valence-corrected chi connectivity index (χ3v) is 5.23. The summed E-state index contributed by atoms with van der Waals surface area (Å²) in [6, 6.07) is 9.33. The van der Waals surface area contributed by atoms with Gasteiger partial charge in [-0.25, -0.2) is 0 Å². The lowest BCUT2D eigenvalue weighted by Gasteiger charge is -2.31. The predicted octanol–water partition coefficient (Wildman–Crippen LogP) is 4.33. The van der Waals surface area contributed by atoms with Gasteiger partial charge in [0.05, 0.1) is 0 Å². The topological polar surface area (TPSA) is 17.1 Å². The van der Waals surface area contributed by atoms with E-state index in [0.29, 0.717) is 5.41 Å². The molecular weight excluding hydrogens is 239 g/mol. The minimum atomic E-state index is -0.320. The zero-order chi connectivity index (χ0) is 13.2. The Bertz CT molecular complexity index is 436. The second-order valence-electron chi connectivity index (χ2n) is 5.92. The van der Waals surface area contributed by atoms with Gasteiger partial charge in [0.1, 0.15) is 0 Å². The molecule has 0 amide bonds. The molecule has 0 aliphatic heterocycles. The third-order valence-electron chi connectivity index (χ3n) is 4.67. The molecule has 0 spiro atoms. The van der Waals surface area contributed by atoms with Crippen LogP contribution in [0.2, 0.25) is 0 Å². The van der Waals surface area contributed by atoms with Gasteiger partial charge in [-0.15, -0.1) is 0 Å².